The average molecular weight is 412 g/mol. The van der Waals surface area contributed by atoms with E-state index in [2.05, 4.69) is 10.2 Å². The third-order valence-electron chi connectivity index (χ3n) is 3.67. The lowest BCUT2D eigenvalue weighted by Crippen LogP contribution is -2.07. The van der Waals surface area contributed by atoms with Gasteiger partial charge < -0.3 is 9.30 Å². The number of thioether (sulfide) groups is 1. The lowest BCUT2D eigenvalue weighted by molar-refractivity contribution is 0.274. The average Bonchev–Trinajstić information content (AvgIpc) is 3.02. The van der Waals surface area contributed by atoms with Crippen molar-refractivity contribution < 1.29 is 9.13 Å². The second kappa shape index (κ2) is 8.75. The Morgan fingerprint density at radius 3 is 2.69 bits per heavy atom. The van der Waals surface area contributed by atoms with Gasteiger partial charge in [-0.3, -0.25) is 0 Å². The molecule has 0 saturated heterocycles. The van der Waals surface area contributed by atoms with E-state index in [9.17, 15) is 4.39 Å². The zero-order chi connectivity index (χ0) is 18.5. The van der Waals surface area contributed by atoms with Gasteiger partial charge in [0.15, 0.2) is 22.5 Å². The summed E-state index contributed by atoms with van der Waals surface area (Å²) in [7, 11) is 0. The number of nitrogens with zero attached hydrogens (tertiary/aromatic N) is 3. The standard InChI is InChI=1S/C18H16Cl2FN3OS/c1-2-24-17(10-25-16-6-4-3-5-15(16)21)22-23-18(24)26-11-12-7-8-13(19)9-14(12)20/h3-9H,2,10-11H2,1H3. The Balaban J connectivity index is 1.68. The lowest BCUT2D eigenvalue weighted by atomic mass is 10.2. The molecule has 0 aliphatic carbocycles. The Morgan fingerprint density at radius 2 is 1.96 bits per heavy atom. The summed E-state index contributed by atoms with van der Waals surface area (Å²) in [6, 6.07) is 11.7. The summed E-state index contributed by atoms with van der Waals surface area (Å²) in [5, 5.41) is 10.4. The molecule has 0 N–H and O–H groups in total. The fourth-order valence-electron chi connectivity index (χ4n) is 2.34. The molecule has 0 fully saturated rings. The number of aromatic nitrogens is 3. The predicted molar refractivity (Wildman–Crippen MR) is 102 cm³/mol. The van der Waals surface area contributed by atoms with Crippen molar-refractivity contribution in [2.75, 3.05) is 0 Å². The molecule has 3 rings (SSSR count). The largest absolute Gasteiger partial charge is 0.483 e. The van der Waals surface area contributed by atoms with E-state index >= 15 is 0 Å². The van der Waals surface area contributed by atoms with Crippen molar-refractivity contribution in [1.82, 2.24) is 14.8 Å². The van der Waals surface area contributed by atoms with Crippen LogP contribution in [0.25, 0.3) is 0 Å². The minimum absolute atomic E-state index is 0.143. The van der Waals surface area contributed by atoms with Crippen molar-refractivity contribution in [1.29, 1.82) is 0 Å². The number of rotatable bonds is 7. The van der Waals surface area contributed by atoms with Crippen LogP contribution in [0.5, 0.6) is 5.75 Å². The first-order valence-corrected chi connectivity index (χ1v) is 9.68. The van der Waals surface area contributed by atoms with Crippen molar-refractivity contribution in [3.63, 3.8) is 0 Å². The number of benzene rings is 2. The molecule has 1 aromatic heterocycles. The van der Waals surface area contributed by atoms with Gasteiger partial charge >= 0.3 is 0 Å². The Hall–Kier alpha value is -1.76. The monoisotopic (exact) mass is 411 g/mol. The van der Waals surface area contributed by atoms with Gasteiger partial charge in [0.05, 0.1) is 0 Å². The molecule has 0 amide bonds. The van der Waals surface area contributed by atoms with Crippen molar-refractivity contribution in [2.45, 2.75) is 31.0 Å². The van der Waals surface area contributed by atoms with Crippen molar-refractivity contribution in [3.05, 3.63) is 69.7 Å². The molecule has 0 bridgehead atoms. The van der Waals surface area contributed by atoms with Gasteiger partial charge in [0.25, 0.3) is 0 Å². The molecule has 0 spiro atoms. The van der Waals surface area contributed by atoms with Gasteiger partial charge in [0.1, 0.15) is 6.61 Å². The summed E-state index contributed by atoms with van der Waals surface area (Å²) in [5.74, 6) is 1.07. The summed E-state index contributed by atoms with van der Waals surface area (Å²) >= 11 is 13.7. The van der Waals surface area contributed by atoms with E-state index in [-0.39, 0.29) is 12.4 Å². The summed E-state index contributed by atoms with van der Waals surface area (Å²) in [6.45, 7) is 2.82. The van der Waals surface area contributed by atoms with Crippen LogP contribution in [-0.2, 0) is 18.9 Å². The van der Waals surface area contributed by atoms with E-state index in [1.807, 2.05) is 23.6 Å². The highest BCUT2D eigenvalue weighted by Gasteiger charge is 2.14. The van der Waals surface area contributed by atoms with Crippen molar-refractivity contribution in [2.24, 2.45) is 0 Å². The maximum Gasteiger partial charge on any atom is 0.191 e. The van der Waals surface area contributed by atoms with Crippen LogP contribution >= 0.6 is 35.0 Å². The van der Waals surface area contributed by atoms with Crippen LogP contribution in [0.2, 0.25) is 10.0 Å². The molecule has 0 radical (unpaired) electrons. The van der Waals surface area contributed by atoms with Gasteiger partial charge in [-0.1, -0.05) is 53.2 Å². The Labute approximate surface area is 165 Å². The van der Waals surface area contributed by atoms with Gasteiger partial charge in [-0.05, 0) is 36.8 Å². The first kappa shape index (κ1) is 19.0. The third-order valence-corrected chi connectivity index (χ3v) is 5.28. The molecule has 136 valence electrons. The quantitative estimate of drug-likeness (QED) is 0.473. The molecule has 0 atom stereocenters. The van der Waals surface area contributed by atoms with Gasteiger partial charge in [-0.15, -0.1) is 10.2 Å². The minimum Gasteiger partial charge on any atom is -0.483 e. The van der Waals surface area contributed by atoms with E-state index < -0.39 is 5.82 Å². The van der Waals surface area contributed by atoms with Crippen LogP contribution in [0.1, 0.15) is 18.3 Å². The highest BCUT2D eigenvalue weighted by Crippen LogP contribution is 2.28. The Bertz CT molecular complexity index is 904. The smallest absolute Gasteiger partial charge is 0.191 e. The summed E-state index contributed by atoms with van der Waals surface area (Å²) in [5.41, 5.74) is 0.968. The summed E-state index contributed by atoms with van der Waals surface area (Å²) in [4.78, 5) is 0. The number of hydrogen-bond donors (Lipinski definition) is 0. The van der Waals surface area contributed by atoms with Crippen LogP contribution in [0, 0.1) is 5.82 Å². The molecule has 0 unspecified atom stereocenters. The third kappa shape index (κ3) is 4.50. The van der Waals surface area contributed by atoms with Gasteiger partial charge in [-0.2, -0.15) is 0 Å². The molecular formula is C18H16Cl2FN3OS. The Morgan fingerprint density at radius 1 is 1.15 bits per heavy atom. The molecule has 0 aliphatic rings. The zero-order valence-electron chi connectivity index (χ0n) is 14.0. The van der Waals surface area contributed by atoms with E-state index in [4.69, 9.17) is 27.9 Å². The minimum atomic E-state index is -0.401. The first-order chi connectivity index (χ1) is 12.6. The normalized spacial score (nSPS) is 10.9. The molecule has 2 aromatic carbocycles. The lowest BCUT2D eigenvalue weighted by Gasteiger charge is -2.09. The maximum atomic E-state index is 13.7. The molecule has 0 aliphatic heterocycles. The van der Waals surface area contributed by atoms with Crippen molar-refractivity contribution in [3.8, 4) is 5.75 Å². The molecular weight excluding hydrogens is 396 g/mol. The number of para-hydroxylation sites is 1. The van der Waals surface area contributed by atoms with Gasteiger partial charge in [0.2, 0.25) is 0 Å². The van der Waals surface area contributed by atoms with Crippen LogP contribution in [0.15, 0.2) is 47.6 Å². The number of ether oxygens (including phenoxy) is 1. The second-order valence-corrected chi connectivity index (χ2v) is 7.17. The fraction of sp³-hybridized carbons (Fsp3) is 0.222. The molecule has 26 heavy (non-hydrogen) atoms. The molecule has 0 saturated carbocycles. The SMILES string of the molecule is CCn1c(COc2ccccc2F)nnc1SCc1ccc(Cl)cc1Cl. The van der Waals surface area contributed by atoms with Crippen LogP contribution < -0.4 is 4.74 Å². The molecule has 4 nitrogen and oxygen atoms in total. The van der Waals surface area contributed by atoms with Crippen molar-refractivity contribution >= 4 is 35.0 Å². The van der Waals surface area contributed by atoms with Crippen LogP contribution in [-0.4, -0.2) is 14.8 Å². The topological polar surface area (TPSA) is 39.9 Å². The highest BCUT2D eigenvalue weighted by atomic mass is 35.5. The zero-order valence-corrected chi connectivity index (χ0v) is 16.3. The van der Waals surface area contributed by atoms with E-state index in [0.29, 0.717) is 28.2 Å². The highest BCUT2D eigenvalue weighted by molar-refractivity contribution is 7.98. The van der Waals surface area contributed by atoms with E-state index in [0.717, 1.165) is 10.7 Å². The number of hydrogen-bond acceptors (Lipinski definition) is 4. The predicted octanol–water partition coefficient (Wildman–Crippen LogP) is 5.62. The molecule has 8 heteroatoms. The van der Waals surface area contributed by atoms with Crippen LogP contribution in [0.3, 0.4) is 0 Å². The summed E-state index contributed by atoms with van der Waals surface area (Å²) < 4.78 is 21.1. The van der Waals surface area contributed by atoms with Gasteiger partial charge in [0, 0.05) is 22.3 Å². The van der Waals surface area contributed by atoms with E-state index in [1.165, 1.54) is 17.8 Å². The molecule has 1 heterocycles. The summed E-state index contributed by atoms with van der Waals surface area (Å²) in [6.07, 6.45) is 0. The number of halogens is 3. The Kier molecular flexibility index (Phi) is 6.40. The van der Waals surface area contributed by atoms with Gasteiger partial charge in [-0.25, -0.2) is 4.39 Å². The van der Waals surface area contributed by atoms with Crippen LogP contribution in [0.4, 0.5) is 4.39 Å². The first-order valence-electron chi connectivity index (χ1n) is 7.94. The maximum absolute atomic E-state index is 13.7. The second-order valence-electron chi connectivity index (χ2n) is 5.39. The van der Waals surface area contributed by atoms with E-state index in [1.54, 1.807) is 24.3 Å². The fourth-order valence-corrected chi connectivity index (χ4v) is 3.92. The molecule has 3 aromatic rings.